The predicted molar refractivity (Wildman–Crippen MR) is 77.6 cm³/mol. The van der Waals surface area contributed by atoms with E-state index in [2.05, 4.69) is 5.32 Å². The molecule has 0 heterocycles. The van der Waals surface area contributed by atoms with Crippen LogP contribution in [0, 0.1) is 0 Å². The summed E-state index contributed by atoms with van der Waals surface area (Å²) in [4.78, 5) is 23.2. The number of aliphatic carboxylic acids is 1. The summed E-state index contributed by atoms with van der Waals surface area (Å²) in [5, 5.41) is 21.1. The molecular weight excluding hydrogens is 270 g/mol. The van der Waals surface area contributed by atoms with Crippen LogP contribution in [-0.2, 0) is 4.79 Å². The highest BCUT2D eigenvalue weighted by molar-refractivity contribution is 6.02. The third-order valence-electron chi connectivity index (χ3n) is 2.75. The normalized spacial score (nSPS) is 11.0. The summed E-state index contributed by atoms with van der Waals surface area (Å²) in [6.07, 6.45) is 1.21. The zero-order chi connectivity index (χ0) is 15.2. The Hall–Kier alpha value is -3.08. The van der Waals surface area contributed by atoms with Crippen LogP contribution in [0.3, 0.4) is 0 Å². The molecule has 0 fully saturated rings. The lowest BCUT2D eigenvalue weighted by atomic mass is 10.1. The molecule has 0 unspecified atom stereocenters. The van der Waals surface area contributed by atoms with E-state index in [0.29, 0.717) is 11.1 Å². The van der Waals surface area contributed by atoms with Crippen LogP contribution in [0.15, 0.2) is 60.3 Å². The molecule has 0 spiro atoms. The second-order valence-electron chi connectivity index (χ2n) is 4.24. The van der Waals surface area contributed by atoms with Gasteiger partial charge in [0.25, 0.3) is 5.91 Å². The number of carbonyl (C=O) groups is 2. The van der Waals surface area contributed by atoms with Crippen molar-refractivity contribution < 1.29 is 19.8 Å². The summed E-state index contributed by atoms with van der Waals surface area (Å²) in [5.41, 5.74) is 0.343. The molecule has 106 valence electrons. The van der Waals surface area contributed by atoms with Crippen LogP contribution in [0.4, 0.5) is 0 Å². The first kappa shape index (κ1) is 14.3. The van der Waals surface area contributed by atoms with E-state index in [1.54, 1.807) is 48.5 Å². The molecule has 0 saturated carbocycles. The van der Waals surface area contributed by atoms with E-state index in [1.165, 1.54) is 12.1 Å². The summed E-state index contributed by atoms with van der Waals surface area (Å²) in [6.45, 7) is 0. The lowest BCUT2D eigenvalue weighted by molar-refractivity contribution is -0.132. The summed E-state index contributed by atoms with van der Waals surface area (Å²) in [6, 6.07) is 14.5. The van der Waals surface area contributed by atoms with Crippen molar-refractivity contribution in [2.45, 2.75) is 0 Å². The summed E-state index contributed by atoms with van der Waals surface area (Å²) in [7, 11) is 0. The average Bonchev–Trinajstić information content (AvgIpc) is 2.49. The number of benzene rings is 2. The number of hydrogen-bond acceptors (Lipinski definition) is 3. The fourth-order valence-corrected chi connectivity index (χ4v) is 1.70. The summed E-state index contributed by atoms with van der Waals surface area (Å²) < 4.78 is 0. The smallest absolute Gasteiger partial charge is 0.352 e. The van der Waals surface area contributed by atoms with Crippen molar-refractivity contribution in [2.75, 3.05) is 0 Å². The van der Waals surface area contributed by atoms with Crippen molar-refractivity contribution in [3.63, 3.8) is 0 Å². The van der Waals surface area contributed by atoms with Crippen LogP contribution < -0.4 is 5.32 Å². The fourth-order valence-electron chi connectivity index (χ4n) is 1.70. The number of nitrogens with one attached hydrogen (secondary N) is 1. The van der Waals surface area contributed by atoms with Gasteiger partial charge in [-0.2, -0.15) is 0 Å². The van der Waals surface area contributed by atoms with Crippen molar-refractivity contribution in [1.29, 1.82) is 0 Å². The molecule has 2 aromatic rings. The van der Waals surface area contributed by atoms with Gasteiger partial charge >= 0.3 is 5.97 Å². The van der Waals surface area contributed by atoms with Crippen LogP contribution in [-0.4, -0.2) is 22.1 Å². The van der Waals surface area contributed by atoms with Gasteiger partial charge in [0, 0.05) is 11.1 Å². The minimum Gasteiger partial charge on any atom is -0.507 e. The number of carboxylic acids is 1. The Morgan fingerprint density at radius 1 is 0.952 bits per heavy atom. The quantitative estimate of drug-likeness (QED) is 0.751. The number of rotatable bonds is 4. The number of para-hydroxylation sites is 1. The Kier molecular flexibility index (Phi) is 4.36. The van der Waals surface area contributed by atoms with Crippen LogP contribution in [0.1, 0.15) is 15.9 Å². The Bertz CT molecular complexity index is 692. The maximum atomic E-state index is 12.0. The number of carboxylic acid groups (broad SMARTS) is 1. The molecule has 0 atom stereocenters. The molecule has 0 aromatic heterocycles. The van der Waals surface area contributed by atoms with Gasteiger partial charge in [0.2, 0.25) is 0 Å². The van der Waals surface area contributed by atoms with E-state index in [0.717, 1.165) is 0 Å². The molecular formula is C16H13NO4. The number of phenolic OH excluding ortho intramolecular Hbond substituents is 1. The zero-order valence-corrected chi connectivity index (χ0v) is 11.0. The summed E-state index contributed by atoms with van der Waals surface area (Å²) in [5.74, 6) is -1.88. The van der Waals surface area contributed by atoms with Gasteiger partial charge in [-0.1, -0.05) is 36.4 Å². The predicted octanol–water partition coefficient (Wildman–Crippen LogP) is 2.25. The topological polar surface area (TPSA) is 86.6 Å². The molecule has 0 aliphatic heterocycles. The molecule has 0 bridgehead atoms. The first-order valence-electron chi connectivity index (χ1n) is 6.17. The lowest BCUT2D eigenvalue weighted by Gasteiger charge is -2.07. The third kappa shape index (κ3) is 3.70. The van der Waals surface area contributed by atoms with Crippen molar-refractivity contribution in [3.8, 4) is 5.75 Å². The van der Waals surface area contributed by atoms with E-state index in [-0.39, 0.29) is 11.4 Å². The minimum absolute atomic E-state index is 0.0646. The van der Waals surface area contributed by atoms with Crippen LogP contribution >= 0.6 is 0 Å². The van der Waals surface area contributed by atoms with E-state index in [1.807, 2.05) is 0 Å². The third-order valence-corrected chi connectivity index (χ3v) is 2.75. The lowest BCUT2D eigenvalue weighted by Crippen LogP contribution is -2.27. The largest absolute Gasteiger partial charge is 0.507 e. The Morgan fingerprint density at radius 3 is 2.19 bits per heavy atom. The molecule has 2 rings (SSSR count). The van der Waals surface area contributed by atoms with Gasteiger partial charge in [0.05, 0.1) is 0 Å². The second-order valence-corrected chi connectivity index (χ2v) is 4.24. The molecule has 3 N–H and O–H groups in total. The average molecular weight is 283 g/mol. The molecule has 0 aliphatic carbocycles. The van der Waals surface area contributed by atoms with Gasteiger partial charge in [0.15, 0.2) is 0 Å². The van der Waals surface area contributed by atoms with E-state index < -0.39 is 11.9 Å². The van der Waals surface area contributed by atoms with Gasteiger partial charge in [-0.25, -0.2) is 4.79 Å². The van der Waals surface area contributed by atoms with Gasteiger partial charge in [-0.15, -0.1) is 0 Å². The number of amides is 1. The highest BCUT2D eigenvalue weighted by Gasteiger charge is 2.13. The first-order valence-corrected chi connectivity index (χ1v) is 6.17. The van der Waals surface area contributed by atoms with E-state index in [9.17, 15) is 14.7 Å². The molecule has 2 aromatic carbocycles. The Labute approximate surface area is 121 Å². The SMILES string of the molecule is O=C(O)/C(=C\c1ccccc1O)NC(=O)c1ccccc1. The Morgan fingerprint density at radius 2 is 1.57 bits per heavy atom. The number of hydrogen-bond donors (Lipinski definition) is 3. The number of carbonyl (C=O) groups excluding carboxylic acids is 1. The standard InChI is InChI=1S/C16H13NO4/c18-14-9-5-4-8-12(14)10-13(16(20)21)17-15(19)11-6-2-1-3-7-11/h1-10,18H,(H,17,19)(H,20,21)/b13-10+. The monoisotopic (exact) mass is 283 g/mol. The molecule has 5 heteroatoms. The molecule has 5 nitrogen and oxygen atoms in total. The first-order chi connectivity index (χ1) is 10.1. The van der Waals surface area contributed by atoms with Gasteiger partial charge in [-0.05, 0) is 24.3 Å². The van der Waals surface area contributed by atoms with Crippen molar-refractivity contribution in [3.05, 3.63) is 71.4 Å². The van der Waals surface area contributed by atoms with Gasteiger partial charge in [-0.3, -0.25) is 4.79 Å². The van der Waals surface area contributed by atoms with Crippen molar-refractivity contribution in [2.24, 2.45) is 0 Å². The maximum Gasteiger partial charge on any atom is 0.352 e. The van der Waals surface area contributed by atoms with Crippen LogP contribution in [0.2, 0.25) is 0 Å². The second kappa shape index (κ2) is 6.38. The fraction of sp³-hybridized carbons (Fsp3) is 0. The summed E-state index contributed by atoms with van der Waals surface area (Å²) >= 11 is 0. The molecule has 21 heavy (non-hydrogen) atoms. The molecule has 0 saturated heterocycles. The highest BCUT2D eigenvalue weighted by Crippen LogP contribution is 2.18. The van der Waals surface area contributed by atoms with Crippen molar-refractivity contribution in [1.82, 2.24) is 5.32 Å². The molecule has 1 amide bonds. The van der Waals surface area contributed by atoms with Gasteiger partial charge < -0.3 is 15.5 Å². The van der Waals surface area contributed by atoms with Gasteiger partial charge in [0.1, 0.15) is 11.4 Å². The van der Waals surface area contributed by atoms with E-state index >= 15 is 0 Å². The number of phenols is 1. The minimum atomic E-state index is -1.29. The molecule has 0 aliphatic rings. The van der Waals surface area contributed by atoms with E-state index in [4.69, 9.17) is 5.11 Å². The Balaban J connectivity index is 2.27. The van der Waals surface area contributed by atoms with Crippen LogP contribution in [0.25, 0.3) is 6.08 Å². The maximum absolute atomic E-state index is 12.0. The zero-order valence-electron chi connectivity index (χ0n) is 11.0. The highest BCUT2D eigenvalue weighted by atomic mass is 16.4. The number of aromatic hydroxyl groups is 1. The molecule has 0 radical (unpaired) electrons. The van der Waals surface area contributed by atoms with Crippen LogP contribution in [0.5, 0.6) is 5.75 Å². The van der Waals surface area contributed by atoms with Crippen molar-refractivity contribution >= 4 is 18.0 Å².